The van der Waals surface area contributed by atoms with E-state index in [0.717, 1.165) is 30.6 Å². The largest absolute Gasteiger partial charge is 0.384 e. The van der Waals surface area contributed by atoms with Gasteiger partial charge in [-0.3, -0.25) is 4.79 Å². The van der Waals surface area contributed by atoms with E-state index in [1.54, 1.807) is 0 Å². The molecule has 0 radical (unpaired) electrons. The van der Waals surface area contributed by atoms with Gasteiger partial charge < -0.3 is 15.2 Å². The van der Waals surface area contributed by atoms with E-state index in [2.05, 4.69) is 17.2 Å². The molecule has 4 heteroatoms. The molecule has 1 unspecified atom stereocenters. The van der Waals surface area contributed by atoms with Gasteiger partial charge in [-0.1, -0.05) is 30.0 Å². The van der Waals surface area contributed by atoms with Gasteiger partial charge in [0, 0.05) is 18.7 Å². The molecular weight excluding hydrogens is 254 g/mol. The quantitative estimate of drug-likeness (QED) is 0.810. The van der Waals surface area contributed by atoms with Gasteiger partial charge in [0.15, 0.2) is 0 Å². The fraction of sp³-hybridized carbons (Fsp3) is 0.438. The van der Waals surface area contributed by atoms with Gasteiger partial charge in [-0.2, -0.15) is 0 Å². The van der Waals surface area contributed by atoms with Gasteiger partial charge in [0.05, 0.1) is 12.5 Å². The monoisotopic (exact) mass is 273 g/mol. The van der Waals surface area contributed by atoms with Crippen molar-refractivity contribution in [3.05, 3.63) is 35.4 Å². The molecule has 4 nitrogen and oxygen atoms in total. The van der Waals surface area contributed by atoms with Crippen molar-refractivity contribution in [1.29, 1.82) is 0 Å². The maximum Gasteiger partial charge on any atom is 0.225 e. The Hall–Kier alpha value is -1.83. The molecule has 20 heavy (non-hydrogen) atoms. The number of hydrogen-bond acceptors (Lipinski definition) is 3. The highest BCUT2D eigenvalue weighted by Crippen LogP contribution is 2.14. The number of benzene rings is 1. The van der Waals surface area contributed by atoms with Crippen molar-refractivity contribution < 1.29 is 14.6 Å². The van der Waals surface area contributed by atoms with Crippen molar-refractivity contribution in [3.8, 4) is 11.8 Å². The molecule has 0 aromatic heterocycles. The Morgan fingerprint density at radius 3 is 3.05 bits per heavy atom. The Labute approximate surface area is 119 Å². The van der Waals surface area contributed by atoms with Gasteiger partial charge in [-0.05, 0) is 24.5 Å². The lowest BCUT2D eigenvalue weighted by molar-refractivity contribution is -0.129. The minimum Gasteiger partial charge on any atom is -0.384 e. The Bertz CT molecular complexity index is 510. The van der Waals surface area contributed by atoms with Crippen LogP contribution in [0.25, 0.3) is 0 Å². The molecule has 0 aliphatic carbocycles. The molecular formula is C16H19NO3. The van der Waals surface area contributed by atoms with Gasteiger partial charge in [-0.25, -0.2) is 0 Å². The van der Waals surface area contributed by atoms with Crippen molar-refractivity contribution in [2.24, 2.45) is 5.92 Å². The fourth-order valence-electron chi connectivity index (χ4n) is 2.21. The van der Waals surface area contributed by atoms with E-state index in [9.17, 15) is 4.79 Å². The SMILES string of the molecule is O=C(NCc1ccccc1C#CCO)C1CCCOC1. The molecule has 1 aromatic rings. The van der Waals surface area contributed by atoms with E-state index in [0.29, 0.717) is 13.2 Å². The number of hydrogen-bond donors (Lipinski definition) is 2. The first-order valence-corrected chi connectivity index (χ1v) is 6.84. The van der Waals surface area contributed by atoms with Gasteiger partial charge in [0.2, 0.25) is 5.91 Å². The summed E-state index contributed by atoms with van der Waals surface area (Å²) in [6.45, 7) is 1.55. The molecule has 0 bridgehead atoms. The summed E-state index contributed by atoms with van der Waals surface area (Å²) in [7, 11) is 0. The molecule has 1 aliphatic heterocycles. The number of carbonyl (C=O) groups is 1. The predicted molar refractivity (Wildman–Crippen MR) is 75.8 cm³/mol. The lowest BCUT2D eigenvalue weighted by atomic mass is 10.0. The van der Waals surface area contributed by atoms with Crippen molar-refractivity contribution >= 4 is 5.91 Å². The smallest absolute Gasteiger partial charge is 0.225 e. The molecule has 1 fully saturated rings. The average Bonchev–Trinajstić information content (AvgIpc) is 2.52. The maximum absolute atomic E-state index is 12.0. The van der Waals surface area contributed by atoms with E-state index >= 15 is 0 Å². The van der Waals surface area contributed by atoms with Crippen LogP contribution in [0.1, 0.15) is 24.0 Å². The second-order valence-electron chi connectivity index (χ2n) is 4.75. The summed E-state index contributed by atoms with van der Waals surface area (Å²) in [5.74, 6) is 5.51. The topological polar surface area (TPSA) is 58.6 Å². The second kappa shape index (κ2) is 7.68. The zero-order chi connectivity index (χ0) is 14.2. The molecule has 1 atom stereocenters. The number of nitrogens with one attached hydrogen (secondary N) is 1. The van der Waals surface area contributed by atoms with Crippen LogP contribution in [0.3, 0.4) is 0 Å². The van der Waals surface area contributed by atoms with Crippen LogP contribution in [0.2, 0.25) is 0 Å². The van der Waals surface area contributed by atoms with Gasteiger partial charge >= 0.3 is 0 Å². The third-order valence-electron chi connectivity index (χ3n) is 3.30. The first-order chi connectivity index (χ1) is 9.81. The highest BCUT2D eigenvalue weighted by molar-refractivity contribution is 5.78. The van der Waals surface area contributed by atoms with Crippen LogP contribution in [0.15, 0.2) is 24.3 Å². The number of aliphatic hydroxyl groups is 1. The van der Waals surface area contributed by atoms with Crippen molar-refractivity contribution in [2.45, 2.75) is 19.4 Å². The number of carbonyl (C=O) groups excluding carboxylic acids is 1. The summed E-state index contributed by atoms with van der Waals surface area (Å²) < 4.78 is 5.32. The lowest BCUT2D eigenvalue weighted by Gasteiger charge is -2.21. The van der Waals surface area contributed by atoms with E-state index in [1.807, 2.05) is 24.3 Å². The Kier molecular flexibility index (Phi) is 5.60. The first-order valence-electron chi connectivity index (χ1n) is 6.84. The molecule has 2 N–H and O–H groups in total. The van der Waals surface area contributed by atoms with Gasteiger partial charge in [0.25, 0.3) is 0 Å². The number of aliphatic hydroxyl groups excluding tert-OH is 1. The highest BCUT2D eigenvalue weighted by Gasteiger charge is 2.21. The Balaban J connectivity index is 1.94. The zero-order valence-corrected chi connectivity index (χ0v) is 11.4. The molecule has 1 amide bonds. The van der Waals surface area contributed by atoms with Crippen molar-refractivity contribution in [3.63, 3.8) is 0 Å². The molecule has 106 valence electrons. The molecule has 1 aliphatic rings. The normalized spacial score (nSPS) is 17.9. The fourth-order valence-corrected chi connectivity index (χ4v) is 2.21. The van der Waals surface area contributed by atoms with Crippen LogP contribution in [0.4, 0.5) is 0 Å². The number of amides is 1. The summed E-state index contributed by atoms with van der Waals surface area (Å²) in [5, 5.41) is 11.7. The minimum atomic E-state index is -0.167. The standard InChI is InChI=1S/C16H19NO3/c18-9-3-7-13-5-1-2-6-14(13)11-17-16(19)15-8-4-10-20-12-15/h1-2,5-6,15,18H,4,8-12H2,(H,17,19). The Morgan fingerprint density at radius 1 is 1.45 bits per heavy atom. The lowest BCUT2D eigenvalue weighted by Crippen LogP contribution is -2.35. The van der Waals surface area contributed by atoms with Crippen LogP contribution < -0.4 is 5.32 Å². The molecule has 0 spiro atoms. The second-order valence-corrected chi connectivity index (χ2v) is 4.75. The summed E-state index contributed by atoms with van der Waals surface area (Å²) in [5.41, 5.74) is 1.79. The third kappa shape index (κ3) is 4.09. The highest BCUT2D eigenvalue weighted by atomic mass is 16.5. The van der Waals surface area contributed by atoms with Crippen LogP contribution in [-0.4, -0.2) is 30.8 Å². The van der Waals surface area contributed by atoms with Crippen LogP contribution in [-0.2, 0) is 16.1 Å². The van der Waals surface area contributed by atoms with Gasteiger partial charge in [0.1, 0.15) is 6.61 Å². The van der Waals surface area contributed by atoms with Crippen LogP contribution >= 0.6 is 0 Å². The van der Waals surface area contributed by atoms with Gasteiger partial charge in [-0.15, -0.1) is 0 Å². The minimum absolute atomic E-state index is 0.0367. The molecule has 0 saturated carbocycles. The van der Waals surface area contributed by atoms with Crippen LogP contribution in [0, 0.1) is 17.8 Å². The van der Waals surface area contributed by atoms with E-state index in [4.69, 9.17) is 9.84 Å². The summed E-state index contributed by atoms with van der Waals surface area (Å²) >= 11 is 0. The third-order valence-corrected chi connectivity index (χ3v) is 3.30. The molecule has 1 saturated heterocycles. The van der Waals surface area contributed by atoms with E-state index in [1.165, 1.54) is 0 Å². The van der Waals surface area contributed by atoms with Crippen LogP contribution in [0.5, 0.6) is 0 Å². The number of rotatable bonds is 3. The molecule has 2 rings (SSSR count). The summed E-state index contributed by atoms with van der Waals surface area (Å²) in [4.78, 5) is 12.0. The number of ether oxygens (including phenoxy) is 1. The maximum atomic E-state index is 12.0. The van der Waals surface area contributed by atoms with Crippen molar-refractivity contribution in [2.75, 3.05) is 19.8 Å². The molecule has 1 heterocycles. The van der Waals surface area contributed by atoms with E-state index in [-0.39, 0.29) is 18.4 Å². The predicted octanol–water partition coefficient (Wildman–Crippen LogP) is 1.07. The zero-order valence-electron chi connectivity index (χ0n) is 11.4. The summed E-state index contributed by atoms with van der Waals surface area (Å²) in [6, 6.07) is 7.62. The molecule has 1 aromatic carbocycles. The average molecular weight is 273 g/mol. The van der Waals surface area contributed by atoms with E-state index < -0.39 is 0 Å². The first kappa shape index (κ1) is 14.6. The summed E-state index contributed by atoms with van der Waals surface area (Å²) in [6.07, 6.45) is 1.83. The van der Waals surface area contributed by atoms with Crippen molar-refractivity contribution in [1.82, 2.24) is 5.32 Å². The Morgan fingerprint density at radius 2 is 2.30 bits per heavy atom.